The van der Waals surface area contributed by atoms with E-state index in [1.54, 1.807) is 22.6 Å². The average molecular weight is 309 g/mol. The number of rotatable bonds is 3. The standard InChI is InChI=1S/C15H23N3O4/c1-6-21-13(19)12-7-10(2)16-18(12)11-8-17(9-11)14(20)22-15(3,4)5/h7,11H,6,8-9H2,1-5H3. The minimum Gasteiger partial charge on any atom is -0.461 e. The molecule has 1 fully saturated rings. The van der Waals surface area contributed by atoms with Crippen LogP contribution in [0.5, 0.6) is 0 Å². The van der Waals surface area contributed by atoms with Crippen molar-refractivity contribution in [2.75, 3.05) is 19.7 Å². The highest BCUT2D eigenvalue weighted by molar-refractivity contribution is 5.87. The third-order valence-corrected chi connectivity index (χ3v) is 3.20. The molecule has 0 aliphatic carbocycles. The highest BCUT2D eigenvalue weighted by Gasteiger charge is 2.37. The van der Waals surface area contributed by atoms with Crippen LogP contribution in [0.4, 0.5) is 4.79 Å². The Kier molecular flexibility index (Phi) is 4.44. The van der Waals surface area contributed by atoms with E-state index in [0.29, 0.717) is 25.4 Å². The zero-order valence-electron chi connectivity index (χ0n) is 13.8. The molecule has 1 aliphatic rings. The van der Waals surface area contributed by atoms with E-state index in [1.807, 2.05) is 27.7 Å². The first-order chi connectivity index (χ1) is 10.2. The van der Waals surface area contributed by atoms with Gasteiger partial charge in [-0.3, -0.25) is 4.68 Å². The predicted octanol–water partition coefficient (Wildman–Crippen LogP) is 2.16. The van der Waals surface area contributed by atoms with Gasteiger partial charge in [0.2, 0.25) is 0 Å². The van der Waals surface area contributed by atoms with Crippen LogP contribution in [0, 0.1) is 6.92 Å². The molecule has 122 valence electrons. The highest BCUT2D eigenvalue weighted by Crippen LogP contribution is 2.25. The van der Waals surface area contributed by atoms with Gasteiger partial charge in [-0.05, 0) is 40.7 Å². The van der Waals surface area contributed by atoms with Crippen molar-refractivity contribution in [2.24, 2.45) is 0 Å². The van der Waals surface area contributed by atoms with Gasteiger partial charge in [-0.15, -0.1) is 0 Å². The summed E-state index contributed by atoms with van der Waals surface area (Å²) in [5.74, 6) is -0.390. The van der Waals surface area contributed by atoms with Crippen LogP contribution in [0.1, 0.15) is 49.9 Å². The van der Waals surface area contributed by atoms with Crippen LogP contribution in [0.25, 0.3) is 0 Å². The average Bonchev–Trinajstić information content (AvgIpc) is 2.67. The quantitative estimate of drug-likeness (QED) is 0.800. The van der Waals surface area contributed by atoms with Crippen LogP contribution in [-0.2, 0) is 9.47 Å². The number of carbonyl (C=O) groups excluding carboxylic acids is 2. The number of carbonyl (C=O) groups is 2. The van der Waals surface area contributed by atoms with Gasteiger partial charge < -0.3 is 14.4 Å². The largest absolute Gasteiger partial charge is 0.461 e. The summed E-state index contributed by atoms with van der Waals surface area (Å²) in [4.78, 5) is 25.5. The van der Waals surface area contributed by atoms with Gasteiger partial charge in [0, 0.05) is 13.1 Å². The van der Waals surface area contributed by atoms with E-state index in [2.05, 4.69) is 5.10 Å². The maximum absolute atomic E-state index is 11.9. The molecule has 0 N–H and O–H groups in total. The minimum absolute atomic E-state index is 0.0272. The number of nitrogens with zero attached hydrogens (tertiary/aromatic N) is 3. The van der Waals surface area contributed by atoms with Gasteiger partial charge in [-0.25, -0.2) is 9.59 Å². The van der Waals surface area contributed by atoms with Crippen LogP contribution in [0.2, 0.25) is 0 Å². The molecule has 2 heterocycles. The second-order valence-corrected chi connectivity index (χ2v) is 6.38. The normalized spacial score (nSPS) is 15.4. The Morgan fingerprint density at radius 3 is 2.55 bits per heavy atom. The topological polar surface area (TPSA) is 73.7 Å². The molecule has 0 atom stereocenters. The fourth-order valence-electron chi connectivity index (χ4n) is 2.24. The molecule has 7 nitrogen and oxygen atoms in total. The van der Waals surface area contributed by atoms with Crippen molar-refractivity contribution in [3.05, 3.63) is 17.5 Å². The van der Waals surface area contributed by atoms with Crippen molar-refractivity contribution in [2.45, 2.75) is 46.3 Å². The van der Waals surface area contributed by atoms with Gasteiger partial charge in [-0.1, -0.05) is 0 Å². The van der Waals surface area contributed by atoms with Gasteiger partial charge >= 0.3 is 12.1 Å². The molecule has 1 saturated heterocycles. The molecule has 0 radical (unpaired) electrons. The van der Waals surface area contributed by atoms with Crippen molar-refractivity contribution in [1.82, 2.24) is 14.7 Å². The molecule has 0 spiro atoms. The highest BCUT2D eigenvalue weighted by atomic mass is 16.6. The van der Waals surface area contributed by atoms with Crippen LogP contribution in [0.15, 0.2) is 6.07 Å². The van der Waals surface area contributed by atoms with Crippen LogP contribution >= 0.6 is 0 Å². The molecule has 22 heavy (non-hydrogen) atoms. The summed E-state index contributed by atoms with van der Waals surface area (Å²) in [6.07, 6.45) is -0.342. The number of hydrogen-bond donors (Lipinski definition) is 0. The first-order valence-electron chi connectivity index (χ1n) is 7.42. The zero-order chi connectivity index (χ0) is 16.5. The maximum atomic E-state index is 11.9. The summed E-state index contributed by atoms with van der Waals surface area (Å²) in [6.45, 7) is 10.3. The molecule has 1 aromatic heterocycles. The molecule has 1 aromatic rings. The molecule has 7 heteroatoms. The van der Waals surface area contributed by atoms with Gasteiger partial charge in [0.25, 0.3) is 0 Å². The molecular formula is C15H23N3O4. The second-order valence-electron chi connectivity index (χ2n) is 6.38. The second kappa shape index (κ2) is 5.98. The zero-order valence-corrected chi connectivity index (χ0v) is 13.8. The SMILES string of the molecule is CCOC(=O)c1cc(C)nn1C1CN(C(=O)OC(C)(C)C)C1. The Hall–Kier alpha value is -2.05. The van der Waals surface area contributed by atoms with Crippen molar-refractivity contribution < 1.29 is 19.1 Å². The maximum Gasteiger partial charge on any atom is 0.410 e. The van der Waals surface area contributed by atoms with Crippen LogP contribution < -0.4 is 0 Å². The summed E-state index contributed by atoms with van der Waals surface area (Å²) in [6, 6.07) is 1.68. The van der Waals surface area contributed by atoms with Gasteiger partial charge in [0.1, 0.15) is 11.3 Å². The van der Waals surface area contributed by atoms with Gasteiger partial charge in [-0.2, -0.15) is 5.10 Å². The Bertz CT molecular complexity index is 568. The monoisotopic (exact) mass is 309 g/mol. The van der Waals surface area contributed by atoms with Crippen LogP contribution in [0.3, 0.4) is 0 Å². The van der Waals surface area contributed by atoms with E-state index in [1.165, 1.54) is 0 Å². The fourth-order valence-corrected chi connectivity index (χ4v) is 2.24. The van der Waals surface area contributed by atoms with Crippen LogP contribution in [-0.4, -0.2) is 52.0 Å². The number of aryl methyl sites for hydroxylation is 1. The predicted molar refractivity (Wildman–Crippen MR) is 79.8 cm³/mol. The fraction of sp³-hybridized carbons (Fsp3) is 0.667. The van der Waals surface area contributed by atoms with Gasteiger partial charge in [0.15, 0.2) is 0 Å². The number of hydrogen-bond acceptors (Lipinski definition) is 5. The molecule has 0 aromatic carbocycles. The lowest BCUT2D eigenvalue weighted by molar-refractivity contribution is -0.000994. The molecule has 0 unspecified atom stereocenters. The number of esters is 1. The van der Waals surface area contributed by atoms with Gasteiger partial charge in [0.05, 0.1) is 18.3 Å². The van der Waals surface area contributed by atoms with E-state index in [-0.39, 0.29) is 18.1 Å². The van der Waals surface area contributed by atoms with E-state index >= 15 is 0 Å². The third-order valence-electron chi connectivity index (χ3n) is 3.20. The smallest absolute Gasteiger partial charge is 0.410 e. The lowest BCUT2D eigenvalue weighted by Crippen LogP contribution is -2.52. The van der Waals surface area contributed by atoms with Crippen molar-refractivity contribution in [3.63, 3.8) is 0 Å². The third kappa shape index (κ3) is 3.58. The molecule has 1 aliphatic heterocycles. The number of ether oxygens (including phenoxy) is 2. The first-order valence-corrected chi connectivity index (χ1v) is 7.42. The Morgan fingerprint density at radius 1 is 1.36 bits per heavy atom. The van der Waals surface area contributed by atoms with Crippen molar-refractivity contribution in [3.8, 4) is 0 Å². The Morgan fingerprint density at radius 2 is 2.00 bits per heavy atom. The molecule has 2 rings (SSSR count). The van der Waals surface area contributed by atoms with E-state index < -0.39 is 5.60 Å². The first kappa shape index (κ1) is 16.3. The summed E-state index contributed by atoms with van der Waals surface area (Å²) in [7, 11) is 0. The summed E-state index contributed by atoms with van der Waals surface area (Å²) in [5.41, 5.74) is 0.660. The van der Waals surface area contributed by atoms with E-state index in [4.69, 9.17) is 9.47 Å². The minimum atomic E-state index is -0.513. The Balaban J connectivity index is 2.01. The number of likely N-dealkylation sites (tertiary alicyclic amines) is 1. The lowest BCUT2D eigenvalue weighted by Gasteiger charge is -2.40. The lowest BCUT2D eigenvalue weighted by atomic mass is 10.1. The van der Waals surface area contributed by atoms with E-state index in [0.717, 1.165) is 5.69 Å². The molecule has 0 bridgehead atoms. The number of aromatic nitrogens is 2. The Labute approximate surface area is 130 Å². The van der Waals surface area contributed by atoms with Crippen molar-refractivity contribution >= 4 is 12.1 Å². The summed E-state index contributed by atoms with van der Waals surface area (Å²) < 4.78 is 12.0. The van der Waals surface area contributed by atoms with E-state index in [9.17, 15) is 9.59 Å². The summed E-state index contributed by atoms with van der Waals surface area (Å²) >= 11 is 0. The molecule has 1 amide bonds. The van der Waals surface area contributed by atoms with Crippen molar-refractivity contribution in [1.29, 1.82) is 0 Å². The molecular weight excluding hydrogens is 286 g/mol. The summed E-state index contributed by atoms with van der Waals surface area (Å²) in [5, 5.41) is 4.34. The number of amides is 1. The molecule has 0 saturated carbocycles.